The molecule has 4 aliphatic rings. The molecule has 1 aliphatic carbocycles. The van der Waals surface area contributed by atoms with Crippen molar-refractivity contribution in [1.82, 2.24) is 40.3 Å². The molecule has 0 saturated carbocycles. The van der Waals surface area contributed by atoms with Crippen molar-refractivity contribution in [3.63, 3.8) is 0 Å². The normalized spacial score (nSPS) is 18.4. The van der Waals surface area contributed by atoms with E-state index in [0.29, 0.717) is 71.3 Å². The second-order valence-corrected chi connectivity index (χ2v) is 17.3. The van der Waals surface area contributed by atoms with Gasteiger partial charge in [0.1, 0.15) is 28.4 Å². The molecule has 1 aromatic carbocycles. The maximum Gasteiger partial charge on any atom is 0.267 e. The highest BCUT2D eigenvalue weighted by molar-refractivity contribution is 7.17. The minimum absolute atomic E-state index is 0.116. The van der Waals surface area contributed by atoms with Gasteiger partial charge in [0.25, 0.3) is 11.8 Å². The highest BCUT2D eigenvalue weighted by atomic mass is 35.5. The van der Waals surface area contributed by atoms with Crippen LogP contribution in [0.2, 0.25) is 0 Å². The number of amides is 5. The number of carbonyl (C=O) groups excluding carboxylic acids is 6. The molecule has 2 aromatic heterocycles. The SMILES string of the molecule is CCC1=C(NC(=O)c2cnc(Nc3cc(N4CCN(CCCC(=O)N5CCN(c6ccc(C(=O)N(C)C7CCC(=O)NC7=O)c(C=O)c6)CC5)CC4)nc(C)n3)s2)C(Cl)=CC=CC1. The molecule has 63 heavy (non-hydrogen) atoms. The van der Waals surface area contributed by atoms with Crippen molar-refractivity contribution >= 4 is 81.2 Å². The highest BCUT2D eigenvalue weighted by Gasteiger charge is 2.33. The smallest absolute Gasteiger partial charge is 0.267 e. The summed E-state index contributed by atoms with van der Waals surface area (Å²) in [4.78, 5) is 99.6. The monoisotopic (exact) mass is 897 g/mol. The van der Waals surface area contributed by atoms with Crippen LogP contribution in [0.3, 0.4) is 0 Å². The van der Waals surface area contributed by atoms with Crippen LogP contribution in [0.5, 0.6) is 0 Å². The number of anilines is 4. The van der Waals surface area contributed by atoms with Gasteiger partial charge in [-0.05, 0) is 69.0 Å². The fraction of sp³-hybridized carbons (Fsp3) is 0.432. The molecule has 5 heterocycles. The van der Waals surface area contributed by atoms with Gasteiger partial charge >= 0.3 is 0 Å². The molecule has 0 radical (unpaired) electrons. The average molecular weight is 898 g/mol. The van der Waals surface area contributed by atoms with Gasteiger partial charge in [0, 0.05) is 89.6 Å². The summed E-state index contributed by atoms with van der Waals surface area (Å²) in [6.07, 6.45) is 10.9. The van der Waals surface area contributed by atoms with E-state index in [2.05, 4.69) is 40.6 Å². The number of halogens is 1. The average Bonchev–Trinajstić information content (AvgIpc) is 3.68. The number of aromatic nitrogens is 3. The van der Waals surface area contributed by atoms with Crippen LogP contribution < -0.4 is 25.8 Å². The van der Waals surface area contributed by atoms with Gasteiger partial charge in [0.15, 0.2) is 11.4 Å². The van der Waals surface area contributed by atoms with Crippen molar-refractivity contribution in [2.45, 2.75) is 58.4 Å². The van der Waals surface area contributed by atoms with Gasteiger partial charge in [-0.3, -0.25) is 39.0 Å². The Kier molecular flexibility index (Phi) is 14.6. The van der Waals surface area contributed by atoms with E-state index in [4.69, 9.17) is 16.6 Å². The van der Waals surface area contributed by atoms with E-state index >= 15 is 0 Å². The Bertz CT molecular complexity index is 2350. The van der Waals surface area contributed by atoms with Gasteiger partial charge in [-0.1, -0.05) is 42.0 Å². The molecule has 7 rings (SSSR count). The Labute approximate surface area is 375 Å². The van der Waals surface area contributed by atoms with E-state index in [1.165, 1.54) is 23.3 Å². The van der Waals surface area contributed by atoms with Crippen molar-refractivity contribution in [1.29, 1.82) is 0 Å². The van der Waals surface area contributed by atoms with Gasteiger partial charge in [-0.15, -0.1) is 0 Å². The van der Waals surface area contributed by atoms with Crippen LogP contribution in [0.1, 0.15) is 81.7 Å². The summed E-state index contributed by atoms with van der Waals surface area (Å²) in [5.74, 6) is 0.482. The largest absolute Gasteiger partial charge is 0.368 e. The van der Waals surface area contributed by atoms with E-state index < -0.39 is 17.9 Å². The Balaban J connectivity index is 0.837. The summed E-state index contributed by atoms with van der Waals surface area (Å²) >= 11 is 7.71. The van der Waals surface area contributed by atoms with Gasteiger partial charge < -0.3 is 30.2 Å². The lowest BCUT2D eigenvalue weighted by Crippen LogP contribution is -2.53. The number of carbonyl (C=O) groups is 6. The zero-order valence-corrected chi connectivity index (χ0v) is 37.3. The van der Waals surface area contributed by atoms with E-state index in [1.54, 1.807) is 30.5 Å². The zero-order valence-electron chi connectivity index (χ0n) is 35.7. The third-order valence-corrected chi connectivity index (χ3v) is 13.0. The molecule has 17 nitrogen and oxygen atoms in total. The molecule has 1 unspecified atom stereocenters. The van der Waals surface area contributed by atoms with Crippen molar-refractivity contribution in [3.05, 3.63) is 86.8 Å². The predicted octanol–water partition coefficient (Wildman–Crippen LogP) is 4.40. The number of aldehydes is 1. The lowest BCUT2D eigenvalue weighted by Gasteiger charge is -2.37. The van der Waals surface area contributed by atoms with Crippen LogP contribution in [0.15, 0.2) is 65.0 Å². The molecule has 5 amide bonds. The lowest BCUT2D eigenvalue weighted by atomic mass is 10.0. The van der Waals surface area contributed by atoms with Crippen LogP contribution in [-0.2, 0) is 14.4 Å². The standard InChI is InChI=1S/C44H52ClN11O6S/c1-4-29-8-5-6-9-33(45)40(29)51-42(61)35-26-46-44(63-35)49-36-25-37(48-28(2)47-36)55-18-16-53(17-19-55)15-7-10-39(59)56-22-20-54(21-23-56)31-11-12-32(30(24-31)27-57)43(62)52(3)34-13-14-38(58)50-41(34)60/h5-6,9,11-12,24-27,34H,4,7-8,10,13-23H2,1-3H3,(H,51,61)(H,50,58,60)(H,46,47,48,49). The topological polar surface area (TPSA) is 193 Å². The van der Waals surface area contributed by atoms with Crippen LogP contribution in [0, 0.1) is 6.92 Å². The maximum atomic E-state index is 13.3. The molecule has 332 valence electrons. The number of hydrogen-bond donors (Lipinski definition) is 3. The highest BCUT2D eigenvalue weighted by Crippen LogP contribution is 2.28. The maximum absolute atomic E-state index is 13.3. The molecule has 3 saturated heterocycles. The third-order valence-electron chi connectivity index (χ3n) is 11.7. The molecule has 3 fully saturated rings. The third kappa shape index (κ3) is 11.0. The summed E-state index contributed by atoms with van der Waals surface area (Å²) in [5, 5.41) is 9.53. The van der Waals surface area contributed by atoms with Gasteiger partial charge in [-0.25, -0.2) is 15.0 Å². The summed E-state index contributed by atoms with van der Waals surface area (Å²) in [6.45, 7) is 10.2. The minimum Gasteiger partial charge on any atom is -0.368 e. The molecular formula is C44H52ClN11O6S. The van der Waals surface area contributed by atoms with E-state index in [0.717, 1.165) is 69.1 Å². The Morgan fingerprint density at radius 3 is 2.52 bits per heavy atom. The van der Waals surface area contributed by atoms with Crippen LogP contribution >= 0.6 is 22.9 Å². The first-order valence-corrected chi connectivity index (χ1v) is 22.4. The van der Waals surface area contributed by atoms with Gasteiger partial charge in [0.2, 0.25) is 17.7 Å². The number of thiazole rings is 1. The Hall–Kier alpha value is -5.98. The number of benzene rings is 1. The van der Waals surface area contributed by atoms with E-state index in [-0.39, 0.29) is 41.7 Å². The number of nitrogens with one attached hydrogen (secondary N) is 3. The number of allylic oxidation sites excluding steroid dienone is 5. The first kappa shape index (κ1) is 45.1. The molecular weight excluding hydrogens is 846 g/mol. The summed E-state index contributed by atoms with van der Waals surface area (Å²) in [6, 6.07) is 6.15. The van der Waals surface area contributed by atoms with Crippen molar-refractivity contribution in [2.24, 2.45) is 0 Å². The second-order valence-electron chi connectivity index (χ2n) is 15.8. The Morgan fingerprint density at radius 2 is 1.79 bits per heavy atom. The van der Waals surface area contributed by atoms with E-state index in [9.17, 15) is 28.8 Å². The number of imide groups is 1. The predicted molar refractivity (Wildman–Crippen MR) is 241 cm³/mol. The minimum atomic E-state index is -0.792. The molecule has 3 N–H and O–H groups in total. The summed E-state index contributed by atoms with van der Waals surface area (Å²) in [5.41, 5.74) is 2.87. The Morgan fingerprint density at radius 1 is 1.03 bits per heavy atom. The number of hydrogen-bond acceptors (Lipinski definition) is 14. The van der Waals surface area contributed by atoms with Crippen LogP contribution in [0.4, 0.5) is 22.5 Å². The zero-order chi connectivity index (χ0) is 44.6. The number of aryl methyl sites for hydroxylation is 1. The molecule has 0 bridgehead atoms. The first-order valence-electron chi connectivity index (χ1n) is 21.3. The number of piperidine rings is 1. The summed E-state index contributed by atoms with van der Waals surface area (Å²) < 4.78 is 0. The quantitative estimate of drug-likeness (QED) is 0.153. The summed E-state index contributed by atoms with van der Waals surface area (Å²) in [7, 11) is 1.50. The molecule has 19 heteroatoms. The fourth-order valence-corrected chi connectivity index (χ4v) is 9.11. The molecule has 3 aliphatic heterocycles. The molecule has 1 atom stereocenters. The van der Waals surface area contributed by atoms with Crippen LogP contribution in [0.25, 0.3) is 0 Å². The number of piperazine rings is 2. The van der Waals surface area contributed by atoms with Crippen molar-refractivity contribution in [3.8, 4) is 0 Å². The van der Waals surface area contributed by atoms with Crippen LogP contribution in [-0.4, -0.2) is 137 Å². The second kappa shape index (κ2) is 20.5. The fourth-order valence-electron chi connectivity index (χ4n) is 8.13. The van der Waals surface area contributed by atoms with E-state index in [1.807, 2.05) is 37.0 Å². The van der Waals surface area contributed by atoms with Crippen molar-refractivity contribution in [2.75, 3.05) is 81.1 Å². The number of likely N-dealkylation sites (N-methyl/N-ethyl adjacent to an activating group) is 1. The van der Waals surface area contributed by atoms with Gasteiger partial charge in [-0.2, -0.15) is 0 Å². The first-order chi connectivity index (χ1) is 30.4. The lowest BCUT2D eigenvalue weighted by molar-refractivity contribution is -0.136. The molecule has 3 aromatic rings. The number of nitrogens with zero attached hydrogens (tertiary/aromatic N) is 8. The van der Waals surface area contributed by atoms with Crippen molar-refractivity contribution < 1.29 is 28.8 Å². The molecule has 0 spiro atoms. The number of rotatable bonds is 14. The van der Waals surface area contributed by atoms with Gasteiger partial charge in [0.05, 0.1) is 22.5 Å².